The molecule has 0 saturated carbocycles. The van der Waals surface area contributed by atoms with Gasteiger partial charge in [0.05, 0.1) is 6.42 Å². The van der Waals surface area contributed by atoms with Gasteiger partial charge in [-0.2, -0.15) is 0 Å². The van der Waals surface area contributed by atoms with Crippen molar-refractivity contribution in [3.63, 3.8) is 0 Å². The largest absolute Gasteiger partial charge is 0.481 e. The van der Waals surface area contributed by atoms with E-state index in [2.05, 4.69) is 41.1 Å². The Hall–Kier alpha value is -1.59. The number of hydrogen-bond donors (Lipinski definition) is 1. The minimum Gasteiger partial charge on any atom is -0.481 e. The fourth-order valence-corrected chi connectivity index (χ4v) is 2.55. The standard InChI is InChI=1S/C16H25N3O2/c1-17-9-11-19(12-10-17)15-5-3-14(4-6-15)13-18(2)8-7-16(20)21/h3-6H,7-13H2,1-2H3,(H,20,21). The number of carboxylic acid groups (broad SMARTS) is 1. The monoisotopic (exact) mass is 291 g/mol. The van der Waals surface area contributed by atoms with Gasteiger partial charge in [0, 0.05) is 45.0 Å². The first-order chi connectivity index (χ1) is 10.0. The second-order valence-electron chi connectivity index (χ2n) is 5.84. The fourth-order valence-electron chi connectivity index (χ4n) is 2.55. The van der Waals surface area contributed by atoms with Crippen LogP contribution in [0.1, 0.15) is 12.0 Å². The van der Waals surface area contributed by atoms with E-state index in [-0.39, 0.29) is 6.42 Å². The second kappa shape index (κ2) is 7.43. The van der Waals surface area contributed by atoms with Crippen molar-refractivity contribution < 1.29 is 9.90 Å². The van der Waals surface area contributed by atoms with E-state index in [0.717, 1.165) is 32.7 Å². The molecule has 2 rings (SSSR count). The van der Waals surface area contributed by atoms with Crippen molar-refractivity contribution >= 4 is 11.7 Å². The number of benzene rings is 1. The molecule has 1 aliphatic heterocycles. The van der Waals surface area contributed by atoms with Crippen LogP contribution in [0.4, 0.5) is 5.69 Å². The molecule has 1 aliphatic rings. The van der Waals surface area contributed by atoms with Gasteiger partial charge in [-0.15, -0.1) is 0 Å². The van der Waals surface area contributed by atoms with Crippen LogP contribution in [0.2, 0.25) is 0 Å². The van der Waals surface area contributed by atoms with Crippen molar-refractivity contribution in [2.24, 2.45) is 0 Å². The van der Waals surface area contributed by atoms with Gasteiger partial charge in [0.1, 0.15) is 0 Å². The van der Waals surface area contributed by atoms with Crippen molar-refractivity contribution in [1.82, 2.24) is 9.80 Å². The summed E-state index contributed by atoms with van der Waals surface area (Å²) in [6.45, 7) is 5.74. The molecule has 0 radical (unpaired) electrons. The lowest BCUT2D eigenvalue weighted by Crippen LogP contribution is -2.44. The highest BCUT2D eigenvalue weighted by Crippen LogP contribution is 2.17. The predicted octanol–water partition coefficient (Wildman–Crippen LogP) is 1.34. The van der Waals surface area contributed by atoms with Crippen LogP contribution in [0, 0.1) is 0 Å². The average Bonchev–Trinajstić information content (AvgIpc) is 2.47. The summed E-state index contributed by atoms with van der Waals surface area (Å²) in [7, 11) is 4.12. The molecule has 1 aromatic carbocycles. The molecule has 1 aromatic rings. The third-order valence-electron chi connectivity index (χ3n) is 3.96. The molecule has 0 atom stereocenters. The summed E-state index contributed by atoms with van der Waals surface area (Å²) in [6, 6.07) is 8.63. The summed E-state index contributed by atoms with van der Waals surface area (Å²) in [6.07, 6.45) is 0.190. The van der Waals surface area contributed by atoms with E-state index in [1.54, 1.807) is 0 Å². The van der Waals surface area contributed by atoms with Crippen molar-refractivity contribution in [3.8, 4) is 0 Å². The van der Waals surface area contributed by atoms with Gasteiger partial charge in [0.25, 0.3) is 0 Å². The van der Waals surface area contributed by atoms with Crippen LogP contribution in [0.25, 0.3) is 0 Å². The maximum atomic E-state index is 10.6. The van der Waals surface area contributed by atoms with Gasteiger partial charge < -0.3 is 19.8 Å². The highest BCUT2D eigenvalue weighted by molar-refractivity contribution is 5.66. The summed E-state index contributed by atoms with van der Waals surface area (Å²) in [5.74, 6) is -0.743. The molecule has 0 bridgehead atoms. The molecule has 116 valence electrons. The normalized spacial score (nSPS) is 16.4. The van der Waals surface area contributed by atoms with Crippen molar-refractivity contribution in [1.29, 1.82) is 0 Å². The second-order valence-corrected chi connectivity index (χ2v) is 5.84. The van der Waals surface area contributed by atoms with E-state index in [4.69, 9.17) is 5.11 Å². The zero-order valence-electron chi connectivity index (χ0n) is 13.0. The van der Waals surface area contributed by atoms with Crippen LogP contribution in [-0.4, -0.2) is 67.7 Å². The molecule has 0 spiro atoms. The maximum absolute atomic E-state index is 10.6. The van der Waals surface area contributed by atoms with Gasteiger partial charge in [-0.1, -0.05) is 12.1 Å². The van der Waals surface area contributed by atoms with Crippen LogP contribution in [0.5, 0.6) is 0 Å². The van der Waals surface area contributed by atoms with Gasteiger partial charge in [-0.05, 0) is 31.8 Å². The SMILES string of the molecule is CN1CCN(c2ccc(CN(C)CCC(=O)O)cc2)CC1. The van der Waals surface area contributed by atoms with Gasteiger partial charge in [-0.25, -0.2) is 0 Å². The zero-order valence-corrected chi connectivity index (χ0v) is 13.0. The molecule has 0 unspecified atom stereocenters. The molecule has 5 heteroatoms. The van der Waals surface area contributed by atoms with E-state index in [9.17, 15) is 4.79 Å². The topological polar surface area (TPSA) is 47.0 Å². The Kier molecular flexibility index (Phi) is 5.59. The molecule has 0 aliphatic carbocycles. The number of aliphatic carboxylic acids is 1. The lowest BCUT2D eigenvalue weighted by atomic mass is 10.1. The summed E-state index contributed by atoms with van der Waals surface area (Å²) in [4.78, 5) is 17.4. The molecule has 21 heavy (non-hydrogen) atoms. The Morgan fingerprint density at radius 2 is 1.81 bits per heavy atom. The molecular weight excluding hydrogens is 266 g/mol. The van der Waals surface area contributed by atoms with Gasteiger partial charge in [0.15, 0.2) is 0 Å². The van der Waals surface area contributed by atoms with Crippen molar-refractivity contribution in [2.45, 2.75) is 13.0 Å². The number of carboxylic acids is 1. The zero-order chi connectivity index (χ0) is 15.2. The molecule has 0 amide bonds. The molecular formula is C16H25N3O2. The van der Waals surface area contributed by atoms with Gasteiger partial charge >= 0.3 is 5.97 Å². The van der Waals surface area contributed by atoms with Crippen LogP contribution in [0.15, 0.2) is 24.3 Å². The average molecular weight is 291 g/mol. The Morgan fingerprint density at radius 1 is 1.19 bits per heavy atom. The molecule has 1 heterocycles. The van der Waals surface area contributed by atoms with Crippen molar-refractivity contribution in [3.05, 3.63) is 29.8 Å². The Bertz CT molecular complexity index is 453. The third-order valence-corrected chi connectivity index (χ3v) is 3.96. The molecule has 1 saturated heterocycles. The van der Waals surface area contributed by atoms with Gasteiger partial charge in [-0.3, -0.25) is 4.79 Å². The summed E-state index contributed by atoms with van der Waals surface area (Å²) < 4.78 is 0. The number of nitrogens with zero attached hydrogens (tertiary/aromatic N) is 3. The lowest BCUT2D eigenvalue weighted by molar-refractivity contribution is -0.137. The van der Waals surface area contributed by atoms with Crippen LogP contribution in [0.3, 0.4) is 0 Å². The van der Waals surface area contributed by atoms with E-state index in [1.165, 1.54) is 11.3 Å². The number of hydrogen-bond acceptors (Lipinski definition) is 4. The highest BCUT2D eigenvalue weighted by atomic mass is 16.4. The number of rotatable bonds is 6. The molecule has 1 N–H and O–H groups in total. The minimum absolute atomic E-state index is 0.190. The van der Waals surface area contributed by atoms with E-state index >= 15 is 0 Å². The molecule has 5 nitrogen and oxygen atoms in total. The predicted molar refractivity (Wildman–Crippen MR) is 84.7 cm³/mol. The first-order valence-electron chi connectivity index (χ1n) is 7.47. The van der Waals surface area contributed by atoms with E-state index in [1.807, 2.05) is 11.9 Å². The minimum atomic E-state index is -0.743. The van der Waals surface area contributed by atoms with Gasteiger partial charge in [0.2, 0.25) is 0 Å². The number of likely N-dealkylation sites (N-methyl/N-ethyl adjacent to an activating group) is 1. The van der Waals surface area contributed by atoms with Crippen LogP contribution < -0.4 is 4.90 Å². The van der Waals surface area contributed by atoms with E-state index < -0.39 is 5.97 Å². The van der Waals surface area contributed by atoms with Crippen LogP contribution >= 0.6 is 0 Å². The number of anilines is 1. The quantitative estimate of drug-likeness (QED) is 0.857. The van der Waals surface area contributed by atoms with Crippen molar-refractivity contribution in [2.75, 3.05) is 51.7 Å². The smallest absolute Gasteiger partial charge is 0.304 e. The Labute approximate surface area is 126 Å². The first kappa shape index (κ1) is 15.8. The maximum Gasteiger partial charge on any atom is 0.304 e. The van der Waals surface area contributed by atoms with Crippen LogP contribution in [-0.2, 0) is 11.3 Å². The number of piperazine rings is 1. The Balaban J connectivity index is 1.85. The lowest BCUT2D eigenvalue weighted by Gasteiger charge is -2.34. The van der Waals surface area contributed by atoms with E-state index in [0.29, 0.717) is 6.54 Å². The summed E-state index contributed by atoms with van der Waals surface area (Å²) >= 11 is 0. The summed E-state index contributed by atoms with van der Waals surface area (Å²) in [5.41, 5.74) is 2.50. The third kappa shape index (κ3) is 5.02. The molecule has 0 aromatic heterocycles. The fraction of sp³-hybridized carbons (Fsp3) is 0.562. The summed E-state index contributed by atoms with van der Waals surface area (Å²) in [5, 5.41) is 8.69. The molecule has 1 fully saturated rings. The first-order valence-corrected chi connectivity index (χ1v) is 7.47. The highest BCUT2D eigenvalue weighted by Gasteiger charge is 2.14. The number of carbonyl (C=O) groups is 1. The Morgan fingerprint density at radius 3 is 2.38 bits per heavy atom.